The Morgan fingerprint density at radius 2 is 1.87 bits per heavy atom. The number of hydrogen-bond acceptors (Lipinski definition) is 3. The first kappa shape index (κ1) is 17.9. The summed E-state index contributed by atoms with van der Waals surface area (Å²) in [6, 6.07) is 6.24. The van der Waals surface area contributed by atoms with Crippen LogP contribution in [0.2, 0.25) is 0 Å². The van der Waals surface area contributed by atoms with E-state index in [0.29, 0.717) is 12.5 Å². The molecule has 5 heteroatoms. The molecule has 23 heavy (non-hydrogen) atoms. The molecule has 1 aromatic rings. The van der Waals surface area contributed by atoms with E-state index in [1.54, 1.807) is 0 Å². The summed E-state index contributed by atoms with van der Waals surface area (Å²) >= 11 is 0. The Balaban J connectivity index is 1.86. The lowest BCUT2D eigenvalue weighted by Crippen LogP contribution is -2.45. The standard InChI is InChI=1S/C18H28FN3O/c1-14(2)12-17(20)18(23)22-9-3-8-21(10-11-22)13-15-4-6-16(19)7-5-15/h4-7,14,17H,3,8-13,20H2,1-2H3/t17-/m0/s1. The van der Waals surface area contributed by atoms with Crippen LogP contribution in [0, 0.1) is 11.7 Å². The summed E-state index contributed by atoms with van der Waals surface area (Å²) in [5.41, 5.74) is 7.13. The van der Waals surface area contributed by atoms with Gasteiger partial charge in [-0.2, -0.15) is 0 Å². The van der Waals surface area contributed by atoms with Crippen molar-refractivity contribution in [2.45, 2.75) is 39.3 Å². The summed E-state index contributed by atoms with van der Waals surface area (Å²) in [4.78, 5) is 16.6. The van der Waals surface area contributed by atoms with Crippen LogP contribution in [0.4, 0.5) is 4.39 Å². The van der Waals surface area contributed by atoms with Gasteiger partial charge in [0.25, 0.3) is 0 Å². The SMILES string of the molecule is CC(C)C[C@H](N)C(=O)N1CCCN(Cc2ccc(F)cc2)CC1. The van der Waals surface area contributed by atoms with Crippen molar-refractivity contribution >= 4 is 5.91 Å². The minimum atomic E-state index is -0.390. The molecule has 1 aromatic carbocycles. The largest absolute Gasteiger partial charge is 0.340 e. The normalized spacial score (nSPS) is 18.0. The Hall–Kier alpha value is -1.46. The van der Waals surface area contributed by atoms with Crippen LogP contribution < -0.4 is 5.73 Å². The second-order valence-electron chi connectivity index (χ2n) is 6.82. The van der Waals surface area contributed by atoms with Gasteiger partial charge in [-0.15, -0.1) is 0 Å². The number of halogens is 1. The smallest absolute Gasteiger partial charge is 0.239 e. The van der Waals surface area contributed by atoms with E-state index in [2.05, 4.69) is 18.7 Å². The minimum Gasteiger partial charge on any atom is -0.340 e. The molecule has 1 amide bonds. The van der Waals surface area contributed by atoms with Crippen molar-refractivity contribution in [2.75, 3.05) is 26.2 Å². The van der Waals surface area contributed by atoms with E-state index in [-0.39, 0.29) is 11.7 Å². The third-order valence-corrected chi connectivity index (χ3v) is 4.26. The van der Waals surface area contributed by atoms with Crippen LogP contribution in [0.3, 0.4) is 0 Å². The van der Waals surface area contributed by atoms with Crippen molar-refractivity contribution in [2.24, 2.45) is 11.7 Å². The first-order chi connectivity index (χ1) is 11.0. The topological polar surface area (TPSA) is 49.6 Å². The molecule has 0 unspecified atom stereocenters. The highest BCUT2D eigenvalue weighted by Crippen LogP contribution is 2.12. The maximum atomic E-state index is 13.0. The first-order valence-electron chi connectivity index (χ1n) is 8.47. The predicted octanol–water partition coefficient (Wildman–Crippen LogP) is 2.23. The molecule has 2 rings (SSSR count). The lowest BCUT2D eigenvalue weighted by atomic mass is 10.0. The molecule has 128 valence electrons. The zero-order valence-corrected chi connectivity index (χ0v) is 14.2. The molecule has 1 aliphatic heterocycles. The van der Waals surface area contributed by atoms with E-state index in [0.717, 1.165) is 44.6 Å². The van der Waals surface area contributed by atoms with E-state index in [4.69, 9.17) is 5.73 Å². The van der Waals surface area contributed by atoms with E-state index in [9.17, 15) is 9.18 Å². The summed E-state index contributed by atoms with van der Waals surface area (Å²) in [5.74, 6) is 0.291. The first-order valence-corrected chi connectivity index (χ1v) is 8.47. The Morgan fingerprint density at radius 3 is 2.52 bits per heavy atom. The third kappa shape index (κ3) is 5.59. The molecule has 1 heterocycles. The molecule has 1 aliphatic rings. The van der Waals surface area contributed by atoms with Crippen molar-refractivity contribution in [3.05, 3.63) is 35.6 Å². The fourth-order valence-corrected chi connectivity index (χ4v) is 3.04. The maximum absolute atomic E-state index is 13.0. The molecule has 1 saturated heterocycles. The number of rotatable bonds is 5. The Labute approximate surface area is 138 Å². The average Bonchev–Trinajstić information content (AvgIpc) is 2.74. The van der Waals surface area contributed by atoms with Crippen LogP contribution in [-0.4, -0.2) is 47.9 Å². The van der Waals surface area contributed by atoms with Gasteiger partial charge in [0.05, 0.1) is 6.04 Å². The van der Waals surface area contributed by atoms with Gasteiger partial charge in [0.2, 0.25) is 5.91 Å². The molecular weight excluding hydrogens is 293 g/mol. The Morgan fingerprint density at radius 1 is 1.17 bits per heavy atom. The monoisotopic (exact) mass is 321 g/mol. The van der Waals surface area contributed by atoms with E-state index < -0.39 is 6.04 Å². The summed E-state index contributed by atoms with van der Waals surface area (Å²) in [6.45, 7) is 8.22. The number of carbonyl (C=O) groups is 1. The molecule has 1 atom stereocenters. The number of benzene rings is 1. The molecule has 0 aromatic heterocycles. The maximum Gasteiger partial charge on any atom is 0.239 e. The van der Waals surface area contributed by atoms with Crippen LogP contribution >= 0.6 is 0 Å². The molecule has 0 radical (unpaired) electrons. The van der Waals surface area contributed by atoms with Crippen molar-refractivity contribution in [1.29, 1.82) is 0 Å². The van der Waals surface area contributed by atoms with Crippen LogP contribution in [-0.2, 0) is 11.3 Å². The van der Waals surface area contributed by atoms with Crippen LogP contribution in [0.5, 0.6) is 0 Å². The van der Waals surface area contributed by atoms with Crippen LogP contribution in [0.1, 0.15) is 32.3 Å². The Bertz CT molecular complexity index is 503. The minimum absolute atomic E-state index is 0.0716. The van der Waals surface area contributed by atoms with Crippen LogP contribution in [0.25, 0.3) is 0 Å². The quantitative estimate of drug-likeness (QED) is 0.905. The van der Waals surface area contributed by atoms with Crippen molar-refractivity contribution in [1.82, 2.24) is 9.80 Å². The molecule has 0 saturated carbocycles. The van der Waals surface area contributed by atoms with Gasteiger partial charge in [-0.3, -0.25) is 9.69 Å². The number of carbonyl (C=O) groups excluding carboxylic acids is 1. The van der Waals surface area contributed by atoms with Gasteiger partial charge in [0.15, 0.2) is 0 Å². The van der Waals surface area contributed by atoms with Crippen molar-refractivity contribution in [3.8, 4) is 0 Å². The number of amides is 1. The second kappa shape index (κ2) is 8.41. The fourth-order valence-electron chi connectivity index (χ4n) is 3.04. The predicted molar refractivity (Wildman–Crippen MR) is 90.3 cm³/mol. The van der Waals surface area contributed by atoms with Gasteiger partial charge in [0.1, 0.15) is 5.82 Å². The average molecular weight is 321 g/mol. The highest BCUT2D eigenvalue weighted by atomic mass is 19.1. The highest BCUT2D eigenvalue weighted by Gasteiger charge is 2.24. The summed E-state index contributed by atoms with van der Waals surface area (Å²) in [6.07, 6.45) is 1.68. The Kier molecular flexibility index (Phi) is 6.54. The van der Waals surface area contributed by atoms with E-state index in [1.165, 1.54) is 12.1 Å². The van der Waals surface area contributed by atoms with Crippen molar-refractivity contribution < 1.29 is 9.18 Å². The molecule has 4 nitrogen and oxygen atoms in total. The lowest BCUT2D eigenvalue weighted by Gasteiger charge is -2.25. The van der Waals surface area contributed by atoms with Crippen molar-refractivity contribution in [3.63, 3.8) is 0 Å². The third-order valence-electron chi connectivity index (χ3n) is 4.26. The number of nitrogens with two attached hydrogens (primary N) is 1. The van der Waals surface area contributed by atoms with Gasteiger partial charge < -0.3 is 10.6 Å². The molecular formula is C18H28FN3O. The van der Waals surface area contributed by atoms with Crippen LogP contribution in [0.15, 0.2) is 24.3 Å². The number of nitrogens with zero attached hydrogens (tertiary/aromatic N) is 2. The second-order valence-corrected chi connectivity index (χ2v) is 6.82. The summed E-state index contributed by atoms with van der Waals surface area (Å²) in [5, 5.41) is 0. The zero-order chi connectivity index (χ0) is 16.8. The number of hydrogen-bond donors (Lipinski definition) is 1. The molecule has 1 fully saturated rings. The fraction of sp³-hybridized carbons (Fsp3) is 0.611. The van der Waals surface area contributed by atoms with Gasteiger partial charge in [-0.25, -0.2) is 4.39 Å². The van der Waals surface area contributed by atoms with Gasteiger partial charge in [-0.1, -0.05) is 26.0 Å². The summed E-state index contributed by atoms with van der Waals surface area (Å²) < 4.78 is 13.0. The van der Waals surface area contributed by atoms with Gasteiger partial charge >= 0.3 is 0 Å². The van der Waals surface area contributed by atoms with E-state index >= 15 is 0 Å². The molecule has 0 bridgehead atoms. The van der Waals surface area contributed by atoms with Gasteiger partial charge in [0, 0.05) is 32.7 Å². The zero-order valence-electron chi connectivity index (χ0n) is 14.2. The molecule has 0 spiro atoms. The highest BCUT2D eigenvalue weighted by molar-refractivity contribution is 5.81. The summed E-state index contributed by atoms with van der Waals surface area (Å²) in [7, 11) is 0. The lowest BCUT2D eigenvalue weighted by molar-refractivity contribution is -0.132. The van der Waals surface area contributed by atoms with E-state index in [1.807, 2.05) is 17.0 Å². The molecule has 0 aliphatic carbocycles. The van der Waals surface area contributed by atoms with Gasteiger partial charge in [-0.05, 0) is 36.5 Å². The molecule has 2 N–H and O–H groups in total.